The second kappa shape index (κ2) is 11.5. The Labute approximate surface area is 203 Å². The molecule has 182 valence electrons. The summed E-state index contributed by atoms with van der Waals surface area (Å²) >= 11 is 0. The normalized spacial score (nSPS) is 19.0. The molecule has 1 aromatic heterocycles. The van der Waals surface area contributed by atoms with E-state index >= 15 is 0 Å². The Kier molecular flexibility index (Phi) is 8.25. The molecule has 6 nitrogen and oxygen atoms in total. The molecule has 0 amide bonds. The van der Waals surface area contributed by atoms with Crippen LogP contribution in [0, 0.1) is 13.8 Å². The van der Waals surface area contributed by atoms with Gasteiger partial charge in [0.1, 0.15) is 36.1 Å². The van der Waals surface area contributed by atoms with Gasteiger partial charge in [-0.25, -0.2) is 4.98 Å². The Morgan fingerprint density at radius 3 is 2.35 bits per heavy atom. The number of ether oxygens (including phenoxy) is 3. The standard InChI is InChI=1S/C28H37N3O3/c1-23-5-9-27(10-6-23)34-22-28(32-3)13-4-16-30(17-14-28)21-25-7-11-26(12-8-25)33-20-19-31-18-15-29-24(31)2/h5-12,15,18H,4,13-14,16-17,19-22H2,1-3H3/t28-/m0/s1. The van der Waals surface area contributed by atoms with E-state index in [1.54, 1.807) is 0 Å². The highest BCUT2D eigenvalue weighted by molar-refractivity contribution is 5.27. The SMILES string of the molecule is CO[C@@]1(COc2ccc(C)cc2)CCCN(Cc2ccc(OCCn3ccnc3C)cc2)CC1. The summed E-state index contributed by atoms with van der Waals surface area (Å²) in [5.74, 6) is 2.82. The Hall–Kier alpha value is -2.83. The molecule has 1 fully saturated rings. The van der Waals surface area contributed by atoms with Gasteiger partial charge in [-0.1, -0.05) is 29.8 Å². The molecule has 3 aromatic rings. The molecule has 0 radical (unpaired) electrons. The summed E-state index contributed by atoms with van der Waals surface area (Å²) in [5, 5.41) is 0. The van der Waals surface area contributed by atoms with E-state index in [1.807, 2.05) is 38.6 Å². The maximum Gasteiger partial charge on any atom is 0.119 e. The lowest BCUT2D eigenvalue weighted by Gasteiger charge is -2.31. The number of benzene rings is 2. The van der Waals surface area contributed by atoms with Gasteiger partial charge in [0.2, 0.25) is 0 Å². The average Bonchev–Trinajstić information content (AvgIpc) is 3.15. The summed E-state index contributed by atoms with van der Waals surface area (Å²) in [4.78, 5) is 6.76. The van der Waals surface area contributed by atoms with Crippen LogP contribution in [0.1, 0.15) is 36.2 Å². The molecule has 6 heteroatoms. The molecule has 34 heavy (non-hydrogen) atoms. The van der Waals surface area contributed by atoms with E-state index in [2.05, 4.69) is 57.8 Å². The first kappa shape index (κ1) is 24.3. The van der Waals surface area contributed by atoms with Crippen LogP contribution in [-0.2, 0) is 17.8 Å². The van der Waals surface area contributed by atoms with Crippen molar-refractivity contribution in [1.82, 2.24) is 14.5 Å². The van der Waals surface area contributed by atoms with Gasteiger partial charge in [0, 0.05) is 32.6 Å². The van der Waals surface area contributed by atoms with Crippen molar-refractivity contribution in [2.45, 2.75) is 51.8 Å². The van der Waals surface area contributed by atoms with Crippen molar-refractivity contribution in [3.63, 3.8) is 0 Å². The summed E-state index contributed by atoms with van der Waals surface area (Å²) in [5.41, 5.74) is 2.31. The van der Waals surface area contributed by atoms with Crippen molar-refractivity contribution in [3.05, 3.63) is 77.9 Å². The highest BCUT2D eigenvalue weighted by atomic mass is 16.5. The summed E-state index contributed by atoms with van der Waals surface area (Å²) in [7, 11) is 1.82. The van der Waals surface area contributed by atoms with Gasteiger partial charge in [-0.2, -0.15) is 0 Å². The second-order valence-corrected chi connectivity index (χ2v) is 9.28. The molecular formula is C28H37N3O3. The molecule has 0 aliphatic carbocycles. The van der Waals surface area contributed by atoms with Crippen LogP contribution in [0.25, 0.3) is 0 Å². The van der Waals surface area contributed by atoms with Crippen molar-refractivity contribution in [1.29, 1.82) is 0 Å². The average molecular weight is 464 g/mol. The second-order valence-electron chi connectivity index (χ2n) is 9.28. The van der Waals surface area contributed by atoms with E-state index in [4.69, 9.17) is 14.2 Å². The quantitative estimate of drug-likeness (QED) is 0.422. The van der Waals surface area contributed by atoms with Crippen LogP contribution in [0.5, 0.6) is 11.5 Å². The topological polar surface area (TPSA) is 48.8 Å². The van der Waals surface area contributed by atoms with Crippen molar-refractivity contribution in [3.8, 4) is 11.5 Å². The first-order chi connectivity index (χ1) is 16.5. The number of nitrogens with zero attached hydrogens (tertiary/aromatic N) is 3. The predicted octanol–water partition coefficient (Wildman–Crippen LogP) is 5.03. The zero-order chi connectivity index (χ0) is 23.8. The minimum atomic E-state index is -0.231. The fourth-order valence-corrected chi connectivity index (χ4v) is 4.49. The van der Waals surface area contributed by atoms with Gasteiger partial charge < -0.3 is 18.8 Å². The molecule has 0 saturated carbocycles. The largest absolute Gasteiger partial charge is 0.492 e. The van der Waals surface area contributed by atoms with Crippen LogP contribution in [-0.4, -0.2) is 53.5 Å². The Morgan fingerprint density at radius 2 is 1.65 bits per heavy atom. The highest BCUT2D eigenvalue weighted by Crippen LogP contribution is 2.28. The fourth-order valence-electron chi connectivity index (χ4n) is 4.49. The summed E-state index contributed by atoms with van der Waals surface area (Å²) in [6.45, 7) is 9.11. The number of likely N-dealkylation sites (tertiary alicyclic amines) is 1. The summed E-state index contributed by atoms with van der Waals surface area (Å²) in [6.07, 6.45) is 6.87. The molecule has 0 unspecified atom stereocenters. The first-order valence-electron chi connectivity index (χ1n) is 12.2. The van der Waals surface area contributed by atoms with Crippen LogP contribution in [0.15, 0.2) is 60.9 Å². The van der Waals surface area contributed by atoms with E-state index in [-0.39, 0.29) is 5.60 Å². The first-order valence-corrected chi connectivity index (χ1v) is 12.2. The summed E-state index contributed by atoms with van der Waals surface area (Å²) in [6, 6.07) is 16.7. The third-order valence-corrected chi connectivity index (χ3v) is 6.80. The van der Waals surface area contributed by atoms with E-state index in [9.17, 15) is 0 Å². The molecule has 1 aliphatic rings. The maximum atomic E-state index is 6.12. The Morgan fingerprint density at radius 1 is 0.912 bits per heavy atom. The molecule has 4 rings (SSSR count). The van der Waals surface area contributed by atoms with Crippen LogP contribution >= 0.6 is 0 Å². The van der Waals surface area contributed by atoms with Crippen LogP contribution in [0.3, 0.4) is 0 Å². The van der Waals surface area contributed by atoms with Crippen molar-refractivity contribution < 1.29 is 14.2 Å². The number of aromatic nitrogens is 2. The molecule has 2 heterocycles. The molecule has 0 N–H and O–H groups in total. The number of aryl methyl sites for hydroxylation is 2. The van der Waals surface area contributed by atoms with Gasteiger partial charge in [-0.15, -0.1) is 0 Å². The van der Waals surface area contributed by atoms with Gasteiger partial charge in [0.15, 0.2) is 0 Å². The highest BCUT2D eigenvalue weighted by Gasteiger charge is 2.33. The van der Waals surface area contributed by atoms with Gasteiger partial charge in [0.25, 0.3) is 0 Å². The van der Waals surface area contributed by atoms with E-state index in [0.29, 0.717) is 13.2 Å². The number of hydrogen-bond donors (Lipinski definition) is 0. The molecule has 1 aliphatic heterocycles. The van der Waals surface area contributed by atoms with E-state index in [0.717, 1.165) is 62.8 Å². The van der Waals surface area contributed by atoms with E-state index in [1.165, 1.54) is 11.1 Å². The molecule has 0 spiro atoms. The fraction of sp³-hybridized carbons (Fsp3) is 0.464. The molecular weight excluding hydrogens is 426 g/mol. The maximum absolute atomic E-state index is 6.12. The number of hydrogen-bond acceptors (Lipinski definition) is 5. The van der Waals surface area contributed by atoms with Crippen molar-refractivity contribution in [2.75, 3.05) is 33.4 Å². The lowest BCUT2D eigenvalue weighted by Crippen LogP contribution is -2.39. The minimum absolute atomic E-state index is 0.231. The number of rotatable bonds is 10. The smallest absolute Gasteiger partial charge is 0.119 e. The van der Waals surface area contributed by atoms with Crippen molar-refractivity contribution in [2.24, 2.45) is 0 Å². The van der Waals surface area contributed by atoms with Gasteiger partial charge in [-0.05, 0) is 69.5 Å². The van der Waals surface area contributed by atoms with Gasteiger partial charge in [-0.3, -0.25) is 4.90 Å². The number of methoxy groups -OCH3 is 1. The lowest BCUT2D eigenvalue weighted by molar-refractivity contribution is -0.0541. The Bertz CT molecular complexity index is 1020. The molecule has 1 saturated heterocycles. The minimum Gasteiger partial charge on any atom is -0.492 e. The lowest BCUT2D eigenvalue weighted by atomic mass is 9.95. The van der Waals surface area contributed by atoms with Crippen molar-refractivity contribution >= 4 is 0 Å². The van der Waals surface area contributed by atoms with Crippen LogP contribution < -0.4 is 9.47 Å². The van der Waals surface area contributed by atoms with Gasteiger partial charge >= 0.3 is 0 Å². The van der Waals surface area contributed by atoms with Crippen LogP contribution in [0.2, 0.25) is 0 Å². The molecule has 1 atom stereocenters. The zero-order valence-corrected chi connectivity index (χ0v) is 20.7. The van der Waals surface area contributed by atoms with Gasteiger partial charge in [0.05, 0.1) is 6.54 Å². The number of imidazole rings is 1. The third kappa shape index (κ3) is 6.61. The Balaban J connectivity index is 1.24. The molecule has 0 bridgehead atoms. The van der Waals surface area contributed by atoms with E-state index < -0.39 is 0 Å². The van der Waals surface area contributed by atoms with Crippen LogP contribution in [0.4, 0.5) is 0 Å². The molecule has 2 aromatic carbocycles. The monoisotopic (exact) mass is 463 g/mol. The third-order valence-electron chi connectivity index (χ3n) is 6.80. The zero-order valence-electron chi connectivity index (χ0n) is 20.7. The summed E-state index contributed by atoms with van der Waals surface area (Å²) < 4.78 is 20.1. The predicted molar refractivity (Wildman–Crippen MR) is 134 cm³/mol.